The van der Waals surface area contributed by atoms with E-state index in [1.165, 1.54) is 38.5 Å². The highest BCUT2D eigenvalue weighted by atomic mass is 35.5. The van der Waals surface area contributed by atoms with Gasteiger partial charge in [-0.15, -0.1) is 12.4 Å². The quantitative estimate of drug-likeness (QED) is 0.837. The number of hydrogen-bond donors (Lipinski definition) is 1. The first-order chi connectivity index (χ1) is 9.93. The maximum Gasteiger partial charge on any atom is 0.0900 e. The number of rotatable bonds is 5. The first-order valence-corrected chi connectivity index (χ1v) is 8.95. The molecule has 2 bridgehead atoms. The molecule has 22 heavy (non-hydrogen) atoms. The summed E-state index contributed by atoms with van der Waals surface area (Å²) in [6.07, 6.45) is 7.78. The second-order valence-electron chi connectivity index (χ2n) is 8.45. The lowest BCUT2D eigenvalue weighted by Crippen LogP contribution is -2.41. The van der Waals surface area contributed by atoms with E-state index in [0.717, 1.165) is 25.6 Å². The lowest BCUT2D eigenvalue weighted by Gasteiger charge is -2.39. The van der Waals surface area contributed by atoms with Gasteiger partial charge in [0, 0.05) is 6.54 Å². The molecule has 0 aromatic carbocycles. The minimum atomic E-state index is -0.325. The summed E-state index contributed by atoms with van der Waals surface area (Å²) < 4.78 is 6.20. The van der Waals surface area contributed by atoms with Crippen LogP contribution in [0.5, 0.6) is 0 Å². The third-order valence-electron chi connectivity index (χ3n) is 7.12. The zero-order valence-electron chi connectivity index (χ0n) is 14.5. The molecule has 130 valence electrons. The number of ether oxygens (including phenoxy) is 1. The Morgan fingerprint density at radius 2 is 1.86 bits per heavy atom. The van der Waals surface area contributed by atoms with Crippen molar-refractivity contribution in [2.24, 2.45) is 16.7 Å². The predicted octanol–water partition coefficient (Wildman–Crippen LogP) is 3.49. The van der Waals surface area contributed by atoms with Crippen LogP contribution in [0, 0.1) is 16.7 Å². The Morgan fingerprint density at radius 3 is 2.41 bits per heavy atom. The molecule has 0 spiro atoms. The molecular formula is C18H34ClNO2. The summed E-state index contributed by atoms with van der Waals surface area (Å²) in [6, 6.07) is 0. The van der Waals surface area contributed by atoms with E-state index in [1.807, 2.05) is 0 Å². The van der Waals surface area contributed by atoms with Gasteiger partial charge in [0.25, 0.3) is 0 Å². The maximum atomic E-state index is 10.3. The van der Waals surface area contributed by atoms with Crippen LogP contribution in [0.25, 0.3) is 0 Å². The smallest absolute Gasteiger partial charge is 0.0900 e. The number of halogens is 1. The molecule has 3 fully saturated rings. The van der Waals surface area contributed by atoms with Gasteiger partial charge in [-0.1, -0.05) is 27.2 Å². The van der Waals surface area contributed by atoms with Crippen LogP contribution in [-0.4, -0.2) is 48.5 Å². The highest BCUT2D eigenvalue weighted by Crippen LogP contribution is 2.66. The highest BCUT2D eigenvalue weighted by Gasteiger charge is 2.61. The summed E-state index contributed by atoms with van der Waals surface area (Å²) in [7, 11) is 0. The van der Waals surface area contributed by atoms with E-state index >= 15 is 0 Å². The Kier molecular flexibility index (Phi) is 5.86. The first-order valence-electron chi connectivity index (χ1n) is 8.95. The summed E-state index contributed by atoms with van der Waals surface area (Å²) in [4.78, 5) is 2.39. The van der Waals surface area contributed by atoms with Crippen molar-refractivity contribution in [2.75, 3.05) is 26.2 Å². The van der Waals surface area contributed by atoms with E-state index in [1.54, 1.807) is 0 Å². The predicted molar refractivity (Wildman–Crippen MR) is 92.5 cm³/mol. The zero-order valence-corrected chi connectivity index (χ0v) is 15.3. The van der Waals surface area contributed by atoms with Crippen LogP contribution < -0.4 is 0 Å². The van der Waals surface area contributed by atoms with Crippen molar-refractivity contribution in [1.29, 1.82) is 0 Å². The SMILES string of the molecule is CC1(C)C2CCC1(C)C(OCC(O)CN1CCCCC1)C2.Cl. The molecule has 0 radical (unpaired) electrons. The molecule has 2 saturated carbocycles. The van der Waals surface area contributed by atoms with Gasteiger partial charge in [0.05, 0.1) is 18.8 Å². The number of likely N-dealkylation sites (tertiary alicyclic amines) is 1. The molecule has 2 aliphatic carbocycles. The molecule has 0 aromatic heterocycles. The fourth-order valence-corrected chi connectivity index (χ4v) is 5.10. The molecule has 3 rings (SSSR count). The Bertz CT molecular complexity index is 370. The molecule has 0 aromatic rings. The van der Waals surface area contributed by atoms with E-state index in [0.29, 0.717) is 23.5 Å². The molecular weight excluding hydrogens is 298 g/mol. The van der Waals surface area contributed by atoms with Crippen molar-refractivity contribution in [3.05, 3.63) is 0 Å². The third-order valence-corrected chi connectivity index (χ3v) is 7.12. The molecule has 4 heteroatoms. The number of hydrogen-bond acceptors (Lipinski definition) is 3. The van der Waals surface area contributed by atoms with E-state index in [-0.39, 0.29) is 18.5 Å². The molecule has 4 unspecified atom stereocenters. The summed E-state index contributed by atoms with van der Waals surface area (Å²) in [5, 5.41) is 10.3. The Morgan fingerprint density at radius 1 is 1.18 bits per heavy atom. The molecule has 4 atom stereocenters. The fourth-order valence-electron chi connectivity index (χ4n) is 5.10. The van der Waals surface area contributed by atoms with Crippen molar-refractivity contribution in [2.45, 2.75) is 71.5 Å². The van der Waals surface area contributed by atoms with Gasteiger partial charge in [-0.05, 0) is 61.9 Å². The molecule has 1 aliphatic heterocycles. The zero-order chi connectivity index (χ0) is 15.1. The number of aliphatic hydroxyl groups is 1. The molecule has 1 saturated heterocycles. The van der Waals surface area contributed by atoms with E-state index in [2.05, 4.69) is 25.7 Å². The topological polar surface area (TPSA) is 32.7 Å². The van der Waals surface area contributed by atoms with Gasteiger partial charge in [0.15, 0.2) is 0 Å². The lowest BCUT2D eigenvalue weighted by molar-refractivity contribution is -0.0798. The number of nitrogens with zero attached hydrogens (tertiary/aromatic N) is 1. The standard InChI is InChI=1S/C18H33NO2.ClH/c1-17(2)14-7-8-18(17,3)16(11-14)21-13-15(20)12-19-9-5-4-6-10-19;/h14-16,20H,4-13H2,1-3H3;1H. The molecule has 1 heterocycles. The fraction of sp³-hybridized carbons (Fsp3) is 1.00. The Labute approximate surface area is 142 Å². The van der Waals surface area contributed by atoms with Gasteiger partial charge < -0.3 is 14.7 Å². The minimum Gasteiger partial charge on any atom is -0.389 e. The van der Waals surface area contributed by atoms with Crippen LogP contribution >= 0.6 is 12.4 Å². The lowest BCUT2D eigenvalue weighted by atomic mass is 9.70. The van der Waals surface area contributed by atoms with Crippen LogP contribution in [0.1, 0.15) is 59.3 Å². The first kappa shape index (κ1) is 18.5. The Hall–Kier alpha value is 0.170. The van der Waals surface area contributed by atoms with Crippen molar-refractivity contribution < 1.29 is 9.84 Å². The van der Waals surface area contributed by atoms with Crippen molar-refractivity contribution in [1.82, 2.24) is 4.90 Å². The number of β-amino-alcohol motifs (C(OH)–C–C–N with tert-alkyl or cyclic N) is 1. The number of aliphatic hydroxyl groups excluding tert-OH is 1. The van der Waals surface area contributed by atoms with Crippen LogP contribution in [0.3, 0.4) is 0 Å². The highest BCUT2D eigenvalue weighted by molar-refractivity contribution is 5.85. The Balaban J connectivity index is 0.00000176. The number of fused-ring (bicyclic) bond motifs is 2. The summed E-state index contributed by atoms with van der Waals surface area (Å²) in [5.74, 6) is 0.812. The third kappa shape index (κ3) is 3.19. The average Bonchev–Trinajstić information content (AvgIpc) is 2.79. The van der Waals surface area contributed by atoms with Crippen LogP contribution in [0.2, 0.25) is 0 Å². The molecule has 3 nitrogen and oxygen atoms in total. The van der Waals surface area contributed by atoms with Crippen LogP contribution in [-0.2, 0) is 4.74 Å². The van der Waals surface area contributed by atoms with Crippen molar-refractivity contribution in [3.8, 4) is 0 Å². The summed E-state index contributed by atoms with van der Waals surface area (Å²) >= 11 is 0. The largest absolute Gasteiger partial charge is 0.389 e. The van der Waals surface area contributed by atoms with Crippen LogP contribution in [0.15, 0.2) is 0 Å². The molecule has 1 N–H and O–H groups in total. The van der Waals surface area contributed by atoms with Gasteiger partial charge in [-0.25, -0.2) is 0 Å². The minimum absolute atomic E-state index is 0. The molecule has 3 aliphatic rings. The monoisotopic (exact) mass is 331 g/mol. The van der Waals surface area contributed by atoms with Crippen molar-refractivity contribution in [3.63, 3.8) is 0 Å². The van der Waals surface area contributed by atoms with Gasteiger partial charge in [0.2, 0.25) is 0 Å². The van der Waals surface area contributed by atoms with Gasteiger partial charge in [-0.2, -0.15) is 0 Å². The van der Waals surface area contributed by atoms with E-state index in [4.69, 9.17) is 4.74 Å². The summed E-state index contributed by atoms with van der Waals surface area (Å²) in [6.45, 7) is 10.8. The molecule has 0 amide bonds. The summed E-state index contributed by atoms with van der Waals surface area (Å²) in [5.41, 5.74) is 0.706. The average molecular weight is 332 g/mol. The maximum absolute atomic E-state index is 10.3. The number of piperidine rings is 1. The van der Waals surface area contributed by atoms with E-state index in [9.17, 15) is 5.11 Å². The van der Waals surface area contributed by atoms with Gasteiger partial charge in [0.1, 0.15) is 0 Å². The van der Waals surface area contributed by atoms with Gasteiger partial charge >= 0.3 is 0 Å². The van der Waals surface area contributed by atoms with Gasteiger partial charge in [-0.3, -0.25) is 0 Å². The normalized spacial score (nSPS) is 38.7. The van der Waals surface area contributed by atoms with Crippen LogP contribution in [0.4, 0.5) is 0 Å². The second kappa shape index (κ2) is 6.96. The second-order valence-corrected chi connectivity index (χ2v) is 8.45. The van der Waals surface area contributed by atoms with Crippen molar-refractivity contribution >= 4 is 12.4 Å². The van der Waals surface area contributed by atoms with E-state index < -0.39 is 0 Å².